The van der Waals surface area contributed by atoms with Crippen LogP contribution in [-0.2, 0) is 9.59 Å². The fraction of sp³-hybridized carbons (Fsp3) is 0.526. The summed E-state index contributed by atoms with van der Waals surface area (Å²) >= 11 is 0. The van der Waals surface area contributed by atoms with Gasteiger partial charge in [-0.05, 0) is 30.9 Å². The Hall–Kier alpha value is -2.51. The average Bonchev–Trinajstić information content (AvgIpc) is 3.03. The number of hydrogen-bond donors (Lipinski definition) is 1. The first kappa shape index (κ1) is 19.3. The van der Waals surface area contributed by atoms with Gasteiger partial charge in [-0.1, -0.05) is 6.92 Å². The molecule has 0 spiro atoms. The van der Waals surface area contributed by atoms with Crippen LogP contribution >= 0.6 is 0 Å². The quantitative estimate of drug-likeness (QED) is 0.870. The third kappa shape index (κ3) is 3.94. The summed E-state index contributed by atoms with van der Waals surface area (Å²) in [4.78, 5) is 39.4. The van der Waals surface area contributed by atoms with Crippen LogP contribution in [0.15, 0.2) is 18.2 Å². The predicted octanol–water partition coefficient (Wildman–Crippen LogP) is 2.00. The number of carbonyl (C=O) groups is 3. The Kier molecular flexibility index (Phi) is 5.43. The lowest BCUT2D eigenvalue weighted by molar-refractivity contribution is -0.142. The van der Waals surface area contributed by atoms with Gasteiger partial charge in [0.1, 0.15) is 11.6 Å². The van der Waals surface area contributed by atoms with Crippen LogP contribution in [-0.4, -0.2) is 58.9 Å². The predicted molar refractivity (Wildman–Crippen MR) is 91.9 cm³/mol. The molecule has 1 N–H and O–H groups in total. The summed E-state index contributed by atoms with van der Waals surface area (Å²) in [5.74, 6) is -4.03. The number of carboxylic acids is 1. The van der Waals surface area contributed by atoms with Crippen LogP contribution in [0.4, 0.5) is 8.78 Å². The minimum Gasteiger partial charge on any atom is -0.481 e. The third-order valence-electron chi connectivity index (χ3n) is 5.53. The Morgan fingerprint density at radius 2 is 1.74 bits per heavy atom. The van der Waals surface area contributed by atoms with Crippen molar-refractivity contribution in [3.05, 3.63) is 35.4 Å². The molecular formula is C19H22F2N2O4. The average molecular weight is 380 g/mol. The lowest BCUT2D eigenvalue weighted by Gasteiger charge is -2.33. The van der Waals surface area contributed by atoms with Crippen molar-refractivity contribution in [1.82, 2.24) is 9.80 Å². The van der Waals surface area contributed by atoms with E-state index >= 15 is 0 Å². The van der Waals surface area contributed by atoms with E-state index in [-0.39, 0.29) is 29.9 Å². The SMILES string of the molecule is C[C@@H]1CN(C(=O)C2CCN(C(=O)c3ccc(F)cc3F)CC2)C[C@H]1C(=O)O. The van der Waals surface area contributed by atoms with Crippen LogP contribution in [0.5, 0.6) is 0 Å². The third-order valence-corrected chi connectivity index (χ3v) is 5.53. The van der Waals surface area contributed by atoms with E-state index in [9.17, 15) is 28.3 Å². The second-order valence-corrected chi connectivity index (χ2v) is 7.36. The molecule has 1 aromatic rings. The van der Waals surface area contributed by atoms with Gasteiger partial charge in [-0.25, -0.2) is 8.78 Å². The minimum absolute atomic E-state index is 0.0781. The lowest BCUT2D eigenvalue weighted by atomic mass is 9.94. The van der Waals surface area contributed by atoms with Crippen LogP contribution in [0.25, 0.3) is 0 Å². The highest BCUT2D eigenvalue weighted by molar-refractivity contribution is 5.94. The van der Waals surface area contributed by atoms with E-state index in [0.29, 0.717) is 38.5 Å². The molecule has 146 valence electrons. The van der Waals surface area contributed by atoms with Crippen molar-refractivity contribution in [2.45, 2.75) is 19.8 Å². The van der Waals surface area contributed by atoms with Crippen LogP contribution in [0, 0.1) is 29.4 Å². The first-order chi connectivity index (χ1) is 12.8. The number of carboxylic acid groups (broad SMARTS) is 1. The molecule has 0 saturated carbocycles. The monoisotopic (exact) mass is 380 g/mol. The maximum Gasteiger partial charge on any atom is 0.308 e. The van der Waals surface area contributed by atoms with Gasteiger partial charge < -0.3 is 14.9 Å². The molecule has 0 bridgehead atoms. The van der Waals surface area contributed by atoms with Crippen LogP contribution < -0.4 is 0 Å². The van der Waals surface area contributed by atoms with Crippen molar-refractivity contribution in [1.29, 1.82) is 0 Å². The molecule has 2 saturated heterocycles. The van der Waals surface area contributed by atoms with E-state index in [2.05, 4.69) is 0 Å². The van der Waals surface area contributed by atoms with Gasteiger partial charge in [0.25, 0.3) is 5.91 Å². The molecule has 0 unspecified atom stereocenters. The molecule has 1 aromatic carbocycles. The highest BCUT2D eigenvalue weighted by Gasteiger charge is 2.39. The molecule has 0 aliphatic carbocycles. The minimum atomic E-state index is -0.899. The molecule has 6 nitrogen and oxygen atoms in total. The van der Waals surface area contributed by atoms with E-state index < -0.39 is 29.4 Å². The number of hydrogen-bond acceptors (Lipinski definition) is 3. The van der Waals surface area contributed by atoms with Gasteiger partial charge in [-0.15, -0.1) is 0 Å². The number of nitrogens with zero attached hydrogens (tertiary/aromatic N) is 2. The summed E-state index contributed by atoms with van der Waals surface area (Å²) in [5.41, 5.74) is -0.182. The number of piperidine rings is 1. The summed E-state index contributed by atoms with van der Waals surface area (Å²) < 4.78 is 26.8. The molecule has 8 heteroatoms. The molecule has 0 aromatic heterocycles. The number of carbonyl (C=O) groups excluding carboxylic acids is 2. The summed E-state index contributed by atoms with van der Waals surface area (Å²) in [6, 6.07) is 2.85. The van der Waals surface area contributed by atoms with Gasteiger partial charge in [-0.2, -0.15) is 0 Å². The van der Waals surface area contributed by atoms with E-state index in [1.807, 2.05) is 6.92 Å². The largest absolute Gasteiger partial charge is 0.481 e. The van der Waals surface area contributed by atoms with Crippen molar-refractivity contribution in [2.75, 3.05) is 26.2 Å². The number of aliphatic carboxylic acids is 1. The molecule has 2 fully saturated rings. The smallest absolute Gasteiger partial charge is 0.308 e. The lowest BCUT2D eigenvalue weighted by Crippen LogP contribution is -2.44. The highest BCUT2D eigenvalue weighted by atomic mass is 19.1. The standard InChI is InChI=1S/C19H22F2N2O4/c1-11-9-23(10-15(11)19(26)27)17(24)12-4-6-22(7-5-12)18(25)14-3-2-13(20)8-16(14)21/h2-3,8,11-12,15H,4-7,9-10H2,1H3,(H,26,27)/t11-,15-/m1/s1. The molecule has 2 amide bonds. The zero-order valence-corrected chi connectivity index (χ0v) is 15.0. The molecule has 2 atom stereocenters. The number of halogens is 2. The first-order valence-corrected chi connectivity index (χ1v) is 9.04. The Labute approximate surface area is 155 Å². The van der Waals surface area contributed by atoms with Crippen molar-refractivity contribution >= 4 is 17.8 Å². The van der Waals surface area contributed by atoms with Gasteiger partial charge >= 0.3 is 5.97 Å². The van der Waals surface area contributed by atoms with Crippen LogP contribution in [0.1, 0.15) is 30.1 Å². The first-order valence-electron chi connectivity index (χ1n) is 9.04. The molecule has 0 radical (unpaired) electrons. The van der Waals surface area contributed by atoms with Gasteiger partial charge in [-0.3, -0.25) is 14.4 Å². The van der Waals surface area contributed by atoms with Crippen LogP contribution in [0.3, 0.4) is 0 Å². The highest BCUT2D eigenvalue weighted by Crippen LogP contribution is 2.28. The molecule has 2 aliphatic rings. The second-order valence-electron chi connectivity index (χ2n) is 7.36. The molecule has 27 heavy (non-hydrogen) atoms. The Bertz CT molecular complexity index is 762. The van der Waals surface area contributed by atoms with Crippen molar-refractivity contribution in [3.8, 4) is 0 Å². The Balaban J connectivity index is 1.58. The van der Waals surface area contributed by atoms with E-state index in [4.69, 9.17) is 0 Å². The second kappa shape index (κ2) is 7.62. The van der Waals surface area contributed by atoms with Crippen molar-refractivity contribution < 1.29 is 28.3 Å². The van der Waals surface area contributed by atoms with E-state index in [0.717, 1.165) is 12.1 Å². The van der Waals surface area contributed by atoms with Gasteiger partial charge in [0, 0.05) is 38.2 Å². The van der Waals surface area contributed by atoms with Gasteiger partial charge in [0.2, 0.25) is 5.91 Å². The van der Waals surface area contributed by atoms with E-state index in [1.54, 1.807) is 4.90 Å². The summed E-state index contributed by atoms with van der Waals surface area (Å²) in [5, 5.41) is 9.20. The summed E-state index contributed by atoms with van der Waals surface area (Å²) in [6.07, 6.45) is 0.881. The topological polar surface area (TPSA) is 77.9 Å². The molecule has 2 aliphatic heterocycles. The fourth-order valence-electron chi connectivity index (χ4n) is 3.89. The van der Waals surface area contributed by atoms with E-state index in [1.165, 1.54) is 4.90 Å². The number of benzene rings is 1. The van der Waals surface area contributed by atoms with Crippen molar-refractivity contribution in [3.63, 3.8) is 0 Å². The molecule has 2 heterocycles. The number of likely N-dealkylation sites (tertiary alicyclic amines) is 2. The van der Waals surface area contributed by atoms with Gasteiger partial charge in [0.05, 0.1) is 11.5 Å². The zero-order valence-electron chi connectivity index (χ0n) is 15.0. The zero-order chi connectivity index (χ0) is 19.7. The van der Waals surface area contributed by atoms with Gasteiger partial charge in [0.15, 0.2) is 0 Å². The molecule has 3 rings (SSSR count). The van der Waals surface area contributed by atoms with Crippen molar-refractivity contribution in [2.24, 2.45) is 17.8 Å². The number of amides is 2. The maximum atomic E-state index is 13.8. The Morgan fingerprint density at radius 1 is 1.07 bits per heavy atom. The normalized spacial score (nSPS) is 23.5. The van der Waals surface area contributed by atoms with Crippen LogP contribution in [0.2, 0.25) is 0 Å². The number of rotatable bonds is 3. The summed E-state index contributed by atoms with van der Waals surface area (Å²) in [7, 11) is 0. The summed E-state index contributed by atoms with van der Waals surface area (Å²) in [6.45, 7) is 3.07. The maximum absolute atomic E-state index is 13.8. The molecular weight excluding hydrogens is 358 g/mol. The Morgan fingerprint density at radius 3 is 2.30 bits per heavy atom. The fourth-order valence-corrected chi connectivity index (χ4v) is 3.89.